The number of carboxylic acid groups (broad SMARTS) is 1. The van der Waals surface area contributed by atoms with Gasteiger partial charge in [-0.3, -0.25) is 9.59 Å². The zero-order valence-electron chi connectivity index (χ0n) is 11.2. The van der Waals surface area contributed by atoms with E-state index in [1.54, 1.807) is 6.92 Å². The van der Waals surface area contributed by atoms with Crippen LogP contribution in [0.2, 0.25) is 0 Å². The molecule has 1 amide bonds. The highest BCUT2D eigenvalue weighted by Crippen LogP contribution is 2.34. The number of nitrogens with one attached hydrogen (secondary N) is 1. The molecule has 2 N–H and O–H groups in total. The van der Waals surface area contributed by atoms with Gasteiger partial charge in [0.2, 0.25) is 5.91 Å². The Morgan fingerprint density at radius 1 is 1.11 bits per heavy atom. The van der Waals surface area contributed by atoms with Gasteiger partial charge in [-0.25, -0.2) is 0 Å². The van der Waals surface area contributed by atoms with Crippen LogP contribution in [-0.4, -0.2) is 48.1 Å². The number of piperidine rings is 1. The number of carbonyl (C=O) groups is 2. The highest BCUT2D eigenvalue weighted by molar-refractivity contribution is 5.83. The van der Waals surface area contributed by atoms with E-state index in [0.717, 1.165) is 19.5 Å². The number of carbonyl (C=O) groups excluding carboxylic acids is 1. The van der Waals surface area contributed by atoms with Crippen molar-refractivity contribution in [2.45, 2.75) is 33.1 Å². The molecule has 2 fully saturated rings. The lowest BCUT2D eigenvalue weighted by Crippen LogP contribution is -2.50. The Balaban J connectivity index is 1.98. The van der Waals surface area contributed by atoms with Gasteiger partial charge in [0.05, 0.1) is 10.8 Å². The SMILES string of the molecule is CC1(C(=O)O)CCN(C(=O)C2(C)CCNC2)CC1. The van der Waals surface area contributed by atoms with Gasteiger partial charge < -0.3 is 15.3 Å². The van der Waals surface area contributed by atoms with Gasteiger partial charge in [-0.1, -0.05) is 0 Å². The highest BCUT2D eigenvalue weighted by Gasteiger charge is 2.43. The van der Waals surface area contributed by atoms with Crippen LogP contribution >= 0.6 is 0 Å². The Kier molecular flexibility index (Phi) is 3.36. The number of carboxylic acids is 1. The van der Waals surface area contributed by atoms with Gasteiger partial charge >= 0.3 is 5.97 Å². The van der Waals surface area contributed by atoms with Crippen LogP contribution in [0.15, 0.2) is 0 Å². The van der Waals surface area contributed by atoms with Gasteiger partial charge in [-0.15, -0.1) is 0 Å². The minimum absolute atomic E-state index is 0.180. The van der Waals surface area contributed by atoms with Crippen molar-refractivity contribution in [1.29, 1.82) is 0 Å². The molecular formula is C13H22N2O3. The maximum Gasteiger partial charge on any atom is 0.309 e. The van der Waals surface area contributed by atoms with Crippen molar-refractivity contribution in [3.05, 3.63) is 0 Å². The van der Waals surface area contributed by atoms with Crippen LogP contribution in [-0.2, 0) is 9.59 Å². The first kappa shape index (κ1) is 13.3. The van der Waals surface area contributed by atoms with Gasteiger partial charge in [-0.2, -0.15) is 0 Å². The molecule has 0 bridgehead atoms. The summed E-state index contributed by atoms with van der Waals surface area (Å²) < 4.78 is 0. The number of amides is 1. The molecular weight excluding hydrogens is 232 g/mol. The normalized spacial score (nSPS) is 31.3. The molecule has 2 rings (SSSR count). The van der Waals surface area contributed by atoms with E-state index < -0.39 is 11.4 Å². The second-order valence-electron chi connectivity index (χ2n) is 6.15. The van der Waals surface area contributed by atoms with Crippen LogP contribution in [0.3, 0.4) is 0 Å². The number of nitrogens with zero attached hydrogens (tertiary/aromatic N) is 1. The first-order valence-corrected chi connectivity index (χ1v) is 6.61. The number of likely N-dealkylation sites (tertiary alicyclic amines) is 1. The zero-order chi connectivity index (χ0) is 13.4. The molecule has 2 aliphatic rings. The molecule has 2 saturated heterocycles. The molecule has 1 atom stereocenters. The molecule has 5 heteroatoms. The van der Waals surface area contributed by atoms with E-state index in [9.17, 15) is 14.7 Å². The molecule has 0 aromatic carbocycles. The van der Waals surface area contributed by atoms with Crippen molar-refractivity contribution < 1.29 is 14.7 Å². The second-order valence-corrected chi connectivity index (χ2v) is 6.15. The Labute approximate surface area is 108 Å². The van der Waals surface area contributed by atoms with Crippen molar-refractivity contribution in [2.24, 2.45) is 10.8 Å². The van der Waals surface area contributed by atoms with Crippen LogP contribution in [0.4, 0.5) is 0 Å². The van der Waals surface area contributed by atoms with Crippen LogP contribution in [0.25, 0.3) is 0 Å². The van der Waals surface area contributed by atoms with Crippen molar-refractivity contribution >= 4 is 11.9 Å². The molecule has 0 radical (unpaired) electrons. The van der Waals surface area contributed by atoms with Crippen LogP contribution in [0.5, 0.6) is 0 Å². The molecule has 2 heterocycles. The van der Waals surface area contributed by atoms with Crippen molar-refractivity contribution in [1.82, 2.24) is 10.2 Å². The standard InChI is InChI=1S/C13H22N2O3/c1-12(11(17)18)4-7-15(8-5-12)10(16)13(2)3-6-14-9-13/h14H,3-9H2,1-2H3,(H,17,18). The molecule has 0 aliphatic carbocycles. The molecule has 0 spiro atoms. The third-order valence-electron chi connectivity index (χ3n) is 4.56. The van der Waals surface area contributed by atoms with E-state index in [1.807, 2.05) is 11.8 Å². The Hall–Kier alpha value is -1.10. The Bertz CT molecular complexity index is 353. The lowest BCUT2D eigenvalue weighted by atomic mass is 9.79. The van der Waals surface area contributed by atoms with Gasteiger partial charge in [0, 0.05) is 19.6 Å². The summed E-state index contributed by atoms with van der Waals surface area (Å²) in [5.74, 6) is -0.566. The summed E-state index contributed by atoms with van der Waals surface area (Å²) in [6.45, 7) is 6.53. The summed E-state index contributed by atoms with van der Waals surface area (Å²) in [6, 6.07) is 0. The smallest absolute Gasteiger partial charge is 0.309 e. The monoisotopic (exact) mass is 254 g/mol. The fourth-order valence-electron chi connectivity index (χ4n) is 2.80. The summed E-state index contributed by atoms with van der Waals surface area (Å²) in [5, 5.41) is 12.4. The molecule has 102 valence electrons. The van der Waals surface area contributed by atoms with Gasteiger partial charge in [-0.05, 0) is 39.7 Å². The second kappa shape index (κ2) is 4.53. The molecule has 1 unspecified atom stereocenters. The zero-order valence-corrected chi connectivity index (χ0v) is 11.2. The van der Waals surface area contributed by atoms with E-state index in [1.165, 1.54) is 0 Å². The summed E-state index contributed by atoms with van der Waals surface area (Å²) >= 11 is 0. The average Bonchev–Trinajstić information content (AvgIpc) is 2.77. The quantitative estimate of drug-likeness (QED) is 0.761. The Morgan fingerprint density at radius 3 is 2.17 bits per heavy atom. The van der Waals surface area contributed by atoms with Crippen LogP contribution < -0.4 is 5.32 Å². The fourth-order valence-corrected chi connectivity index (χ4v) is 2.80. The molecule has 5 nitrogen and oxygen atoms in total. The summed E-state index contributed by atoms with van der Waals surface area (Å²) in [7, 11) is 0. The maximum absolute atomic E-state index is 12.4. The largest absolute Gasteiger partial charge is 0.481 e. The lowest BCUT2D eigenvalue weighted by molar-refractivity contribution is -0.155. The van der Waals surface area contributed by atoms with Crippen molar-refractivity contribution in [2.75, 3.05) is 26.2 Å². The van der Waals surface area contributed by atoms with Crippen LogP contribution in [0, 0.1) is 10.8 Å². The van der Waals surface area contributed by atoms with Gasteiger partial charge in [0.1, 0.15) is 0 Å². The van der Waals surface area contributed by atoms with E-state index in [-0.39, 0.29) is 11.3 Å². The summed E-state index contributed by atoms with van der Waals surface area (Å²) in [4.78, 5) is 25.4. The van der Waals surface area contributed by atoms with E-state index in [0.29, 0.717) is 25.9 Å². The number of rotatable bonds is 2. The number of hydrogen-bond acceptors (Lipinski definition) is 3. The number of aliphatic carboxylic acids is 1. The van der Waals surface area contributed by atoms with E-state index in [2.05, 4.69) is 5.32 Å². The molecule has 0 saturated carbocycles. The fraction of sp³-hybridized carbons (Fsp3) is 0.846. The summed E-state index contributed by atoms with van der Waals surface area (Å²) in [5.41, 5.74) is -0.956. The van der Waals surface area contributed by atoms with Gasteiger partial charge in [0.25, 0.3) is 0 Å². The average molecular weight is 254 g/mol. The molecule has 2 aliphatic heterocycles. The minimum Gasteiger partial charge on any atom is -0.481 e. The molecule has 0 aromatic rings. The van der Waals surface area contributed by atoms with E-state index in [4.69, 9.17) is 0 Å². The summed E-state index contributed by atoms with van der Waals surface area (Å²) in [6.07, 6.45) is 1.98. The first-order valence-electron chi connectivity index (χ1n) is 6.61. The number of hydrogen-bond donors (Lipinski definition) is 2. The third-order valence-corrected chi connectivity index (χ3v) is 4.56. The van der Waals surface area contributed by atoms with Gasteiger partial charge in [0.15, 0.2) is 0 Å². The molecule has 18 heavy (non-hydrogen) atoms. The minimum atomic E-state index is -0.747. The maximum atomic E-state index is 12.4. The molecule has 0 aromatic heterocycles. The van der Waals surface area contributed by atoms with E-state index >= 15 is 0 Å². The third kappa shape index (κ3) is 2.23. The predicted molar refractivity (Wildman–Crippen MR) is 67.2 cm³/mol. The lowest BCUT2D eigenvalue weighted by Gasteiger charge is -2.39. The Morgan fingerprint density at radius 2 is 1.72 bits per heavy atom. The van der Waals surface area contributed by atoms with Crippen molar-refractivity contribution in [3.8, 4) is 0 Å². The van der Waals surface area contributed by atoms with Crippen molar-refractivity contribution in [3.63, 3.8) is 0 Å². The predicted octanol–water partition coefficient (Wildman–Crippen LogP) is 0.699. The first-order chi connectivity index (χ1) is 8.37. The highest BCUT2D eigenvalue weighted by atomic mass is 16.4. The van der Waals surface area contributed by atoms with Crippen LogP contribution in [0.1, 0.15) is 33.1 Å². The topological polar surface area (TPSA) is 69.6 Å².